The smallest absolute Gasteiger partial charge is 0.436 e. The predicted octanol–water partition coefficient (Wildman–Crippen LogP) is 11.5. The number of aromatic nitrogens is 3. The molecule has 0 amide bonds. The number of aliphatic imine (C=N–C) groups is 1. The van der Waals surface area contributed by atoms with Gasteiger partial charge in [-0.25, -0.2) is 11.1 Å². The molecule has 10 aromatic rings. The summed E-state index contributed by atoms with van der Waals surface area (Å²) < 4.78 is 14.5. The fourth-order valence-electron chi connectivity index (χ4n) is 6.66. The summed E-state index contributed by atoms with van der Waals surface area (Å²) in [5.41, 5.74) is 12.0. The molecule has 3 aromatic heterocycles. The van der Waals surface area contributed by atoms with Gasteiger partial charge >= 0.3 is 37.1 Å². The maximum atomic E-state index is 6.27. The van der Waals surface area contributed by atoms with Crippen LogP contribution < -0.4 is 0 Å². The molecule has 0 spiro atoms. The molecule has 0 fully saturated rings. The van der Waals surface area contributed by atoms with E-state index in [1.165, 1.54) is 11.1 Å². The van der Waals surface area contributed by atoms with Crippen molar-refractivity contribution in [3.8, 4) is 39.7 Å². The molecule has 6 nitrogen and oxygen atoms in total. The maximum absolute atomic E-state index is 6.27. The van der Waals surface area contributed by atoms with Crippen molar-refractivity contribution in [2.75, 3.05) is 0 Å². The van der Waals surface area contributed by atoms with E-state index < -0.39 is 0 Å². The molecule has 0 saturated heterocycles. The van der Waals surface area contributed by atoms with E-state index in [0.29, 0.717) is 17.6 Å². The van der Waals surface area contributed by atoms with Gasteiger partial charge in [0.15, 0.2) is 11.2 Å². The van der Waals surface area contributed by atoms with E-state index in [0.717, 1.165) is 66.3 Å². The number of para-hydroxylation sites is 4. The van der Waals surface area contributed by atoms with Crippen LogP contribution in [0.2, 0.25) is 0 Å². The Balaban J connectivity index is 0.00000360. The standard InChI is InChI=1S/C45H26N4O2.U/c1-2-8-30(9-3-1)31-15-17-32(18-16-31)33-19-22-35(23-20-33)46-28-29-14-24-40-36(26-29)37-27-34(44-47-38-10-4-6-12-42(38)50-44)21-25-41(37)49(40)45-48-39-11-5-7-13-43(39)51-45;/h1-22,24-27H;/q-2;+2. The second kappa shape index (κ2) is 13.3. The summed E-state index contributed by atoms with van der Waals surface area (Å²) in [5.74, 6) is 0.566. The van der Waals surface area contributed by atoms with Gasteiger partial charge in [0.25, 0.3) is 0 Å². The zero-order chi connectivity index (χ0) is 33.7. The molecule has 52 heavy (non-hydrogen) atoms. The average molecular weight is 893 g/mol. The zero-order valence-electron chi connectivity index (χ0n) is 27.6. The number of hydrogen-bond acceptors (Lipinski definition) is 5. The Morgan fingerprint density at radius 1 is 0.538 bits per heavy atom. The Morgan fingerprint density at radius 3 is 1.85 bits per heavy atom. The summed E-state index contributed by atoms with van der Waals surface area (Å²) in [7, 11) is 0. The predicted molar refractivity (Wildman–Crippen MR) is 204 cm³/mol. The minimum atomic E-state index is 0. The van der Waals surface area contributed by atoms with E-state index in [9.17, 15) is 0 Å². The molecule has 0 aliphatic heterocycles. The summed E-state index contributed by atoms with van der Waals surface area (Å²) >= 11 is 0. The molecular formula is C45H26N4O2U. The third kappa shape index (κ3) is 5.75. The van der Waals surface area contributed by atoms with Crippen LogP contribution in [0.3, 0.4) is 0 Å². The van der Waals surface area contributed by atoms with E-state index in [4.69, 9.17) is 18.8 Å². The van der Waals surface area contributed by atoms with E-state index in [1.54, 1.807) is 0 Å². The van der Waals surface area contributed by atoms with Crippen molar-refractivity contribution in [3.63, 3.8) is 0 Å². The van der Waals surface area contributed by atoms with Gasteiger partial charge in [-0.3, -0.25) is 4.57 Å². The zero-order valence-corrected chi connectivity index (χ0v) is 31.8. The number of fused-ring (bicyclic) bond motifs is 5. The summed E-state index contributed by atoms with van der Waals surface area (Å²) in [4.78, 5) is 14.3. The largest absolute Gasteiger partial charge is 2.00 e. The number of rotatable bonds is 6. The van der Waals surface area contributed by atoms with Crippen LogP contribution in [-0.2, 0) is 0 Å². The Bertz CT molecular complexity index is 2840. The minimum Gasteiger partial charge on any atom is -0.436 e. The number of hydrogen-bond donors (Lipinski definition) is 0. The van der Waals surface area contributed by atoms with Crippen LogP contribution in [0.5, 0.6) is 0 Å². The summed E-state index contributed by atoms with van der Waals surface area (Å²) in [6.07, 6.45) is 3.25. The van der Waals surface area contributed by atoms with Crippen molar-refractivity contribution in [3.05, 3.63) is 169 Å². The third-order valence-electron chi connectivity index (χ3n) is 9.21. The number of benzene rings is 7. The molecule has 0 saturated carbocycles. The van der Waals surface area contributed by atoms with E-state index in [-0.39, 0.29) is 31.1 Å². The van der Waals surface area contributed by atoms with Crippen LogP contribution in [-0.4, -0.2) is 20.7 Å². The van der Waals surface area contributed by atoms with Gasteiger partial charge in [-0.1, -0.05) is 90.5 Å². The second-order valence-electron chi connectivity index (χ2n) is 12.4. The van der Waals surface area contributed by atoms with Crippen LogP contribution in [0.25, 0.3) is 83.7 Å². The molecule has 7 aromatic carbocycles. The summed E-state index contributed by atoms with van der Waals surface area (Å²) in [5, 5.41) is 2.01. The SMILES string of the molecule is [C-](=Nc1[c-]cc(-c2ccc(-c3ccccc3)cc2)cc1)c1ccc2c(c1)c1cc(-c3nc4ccccc4o3)ccc1n2-c1nc2ccccc2o1.[U+2]. The average Bonchev–Trinajstić information content (AvgIpc) is 3.91. The first kappa shape index (κ1) is 31.9. The van der Waals surface area contributed by atoms with Crippen LogP contribution in [0.15, 0.2) is 172 Å². The van der Waals surface area contributed by atoms with Crippen molar-refractivity contribution in [1.82, 2.24) is 14.5 Å². The van der Waals surface area contributed by atoms with Gasteiger partial charge in [-0.15, -0.1) is 28.9 Å². The number of nitrogens with zero attached hydrogens (tertiary/aromatic N) is 4. The first-order valence-electron chi connectivity index (χ1n) is 16.7. The quantitative estimate of drug-likeness (QED) is 0.123. The monoisotopic (exact) mass is 892 g/mol. The molecular weight excluding hydrogens is 867 g/mol. The van der Waals surface area contributed by atoms with Gasteiger partial charge in [-0.05, 0) is 70.6 Å². The van der Waals surface area contributed by atoms with Crippen LogP contribution >= 0.6 is 0 Å². The van der Waals surface area contributed by atoms with E-state index >= 15 is 0 Å². The van der Waals surface area contributed by atoms with Crippen molar-refractivity contribution >= 4 is 55.9 Å². The van der Waals surface area contributed by atoms with Crippen molar-refractivity contribution in [2.45, 2.75) is 0 Å². The molecule has 0 radical (unpaired) electrons. The van der Waals surface area contributed by atoms with Gasteiger partial charge in [0, 0.05) is 11.1 Å². The Hall–Kier alpha value is -6.00. The molecule has 0 N–H and O–H groups in total. The first-order valence-corrected chi connectivity index (χ1v) is 16.7. The molecule has 0 unspecified atom stereocenters. The van der Waals surface area contributed by atoms with Crippen LogP contribution in [0.4, 0.5) is 5.69 Å². The summed E-state index contributed by atoms with van der Waals surface area (Å²) in [6.45, 7) is 0. The molecule has 7 heteroatoms. The van der Waals surface area contributed by atoms with Gasteiger partial charge < -0.3 is 13.8 Å². The van der Waals surface area contributed by atoms with E-state index in [2.05, 4.69) is 101 Å². The van der Waals surface area contributed by atoms with Crippen molar-refractivity contribution in [1.29, 1.82) is 0 Å². The molecule has 242 valence electrons. The fraction of sp³-hybridized carbons (Fsp3) is 0. The molecule has 10 rings (SSSR count). The Morgan fingerprint density at radius 2 is 1.13 bits per heavy atom. The van der Waals surface area contributed by atoms with Crippen molar-refractivity contribution in [2.24, 2.45) is 4.99 Å². The van der Waals surface area contributed by atoms with Gasteiger partial charge in [-0.2, -0.15) is 23.2 Å². The topological polar surface area (TPSA) is 69.3 Å². The molecule has 3 heterocycles. The van der Waals surface area contributed by atoms with Gasteiger partial charge in [0.2, 0.25) is 5.89 Å². The molecule has 0 aliphatic rings. The molecule has 0 aliphatic carbocycles. The van der Waals surface area contributed by atoms with Crippen molar-refractivity contribution < 1.29 is 39.9 Å². The van der Waals surface area contributed by atoms with Crippen LogP contribution in [0, 0.1) is 37.2 Å². The van der Waals surface area contributed by atoms with Gasteiger partial charge in [0.05, 0.1) is 5.52 Å². The second-order valence-corrected chi connectivity index (χ2v) is 12.4. The Labute approximate surface area is 322 Å². The van der Waals surface area contributed by atoms with Gasteiger partial charge in [0.1, 0.15) is 11.0 Å². The number of oxazole rings is 2. The molecule has 0 atom stereocenters. The fourth-order valence-corrected chi connectivity index (χ4v) is 6.66. The van der Waals surface area contributed by atoms with E-state index in [1.807, 2.05) is 78.9 Å². The summed E-state index contributed by atoms with van der Waals surface area (Å²) in [6, 6.07) is 56.8. The minimum absolute atomic E-state index is 0. The normalized spacial score (nSPS) is 11.6. The van der Waals surface area contributed by atoms with Crippen LogP contribution in [0.1, 0.15) is 5.56 Å². The molecule has 0 bridgehead atoms. The Kier molecular flexibility index (Phi) is 8.16. The first-order chi connectivity index (χ1) is 25.2. The maximum Gasteiger partial charge on any atom is 2.00 e. The third-order valence-corrected chi connectivity index (χ3v) is 9.21.